The molecule has 1 aliphatic carbocycles. The van der Waals surface area contributed by atoms with Crippen molar-refractivity contribution in [2.45, 2.75) is 89.1 Å². The number of nitrogens with one attached hydrogen (secondary N) is 2. The number of benzene rings is 1. The molecule has 2 heterocycles. The van der Waals surface area contributed by atoms with Crippen LogP contribution in [0.1, 0.15) is 82.7 Å². The number of hydrogen-bond donors (Lipinski definition) is 2. The second kappa shape index (κ2) is 10.2. The molecule has 4 rings (SSSR count). The van der Waals surface area contributed by atoms with Gasteiger partial charge in [0.05, 0.1) is 5.69 Å². The highest BCUT2D eigenvalue weighted by molar-refractivity contribution is 6.01. The van der Waals surface area contributed by atoms with E-state index < -0.39 is 18.5 Å². The van der Waals surface area contributed by atoms with E-state index in [-0.39, 0.29) is 17.4 Å². The third-order valence-corrected chi connectivity index (χ3v) is 7.13. The van der Waals surface area contributed by atoms with Crippen LogP contribution in [0.15, 0.2) is 21.5 Å². The van der Waals surface area contributed by atoms with Gasteiger partial charge in [-0.1, -0.05) is 32.8 Å². The summed E-state index contributed by atoms with van der Waals surface area (Å²) < 4.78 is 55.7. The number of methoxy groups -OCH3 is 2. The smallest absolute Gasteiger partial charge is 0.402 e. The zero-order chi connectivity index (χ0) is 27.0. The van der Waals surface area contributed by atoms with E-state index >= 15 is 0 Å². The summed E-state index contributed by atoms with van der Waals surface area (Å²) in [5.41, 5.74) is 3.26. The van der Waals surface area contributed by atoms with E-state index in [0.717, 1.165) is 36.1 Å². The highest BCUT2D eigenvalue weighted by Gasteiger charge is 2.37. The van der Waals surface area contributed by atoms with Crippen molar-refractivity contribution in [3.8, 4) is 0 Å². The van der Waals surface area contributed by atoms with Gasteiger partial charge >= 0.3 is 12.2 Å². The van der Waals surface area contributed by atoms with Gasteiger partial charge in [-0.2, -0.15) is 13.2 Å². The highest BCUT2D eigenvalue weighted by Crippen LogP contribution is 2.44. The third-order valence-electron chi connectivity index (χ3n) is 7.13. The predicted molar refractivity (Wildman–Crippen MR) is 136 cm³/mol. The lowest BCUT2D eigenvalue weighted by molar-refractivity contribution is -0.224. The van der Waals surface area contributed by atoms with Crippen molar-refractivity contribution in [1.29, 1.82) is 0 Å². The molecule has 1 saturated carbocycles. The maximum Gasteiger partial charge on any atom is 0.405 e. The number of nitrogens with zero attached hydrogens (tertiary/aromatic N) is 3. The Morgan fingerprint density at radius 1 is 1.14 bits per heavy atom. The second-order valence-electron chi connectivity index (χ2n) is 11.0. The van der Waals surface area contributed by atoms with Crippen molar-refractivity contribution < 1.29 is 27.1 Å². The Labute approximate surface area is 215 Å². The summed E-state index contributed by atoms with van der Waals surface area (Å²) in [6.07, 6.45) is -0.424. The fraction of sp³-hybridized carbons (Fsp3) is 0.654. The fourth-order valence-corrected chi connectivity index (χ4v) is 5.10. The summed E-state index contributed by atoms with van der Waals surface area (Å²) in [5, 5.41) is 14.3. The van der Waals surface area contributed by atoms with Crippen LogP contribution in [0.4, 0.5) is 30.6 Å². The summed E-state index contributed by atoms with van der Waals surface area (Å²) in [4.78, 5) is 4.89. The zero-order valence-corrected chi connectivity index (χ0v) is 22.3. The van der Waals surface area contributed by atoms with Crippen molar-refractivity contribution in [1.82, 2.24) is 10.2 Å². The molecule has 1 fully saturated rings. The van der Waals surface area contributed by atoms with E-state index in [2.05, 4.69) is 20.8 Å². The lowest BCUT2D eigenvalue weighted by Gasteiger charge is -2.38. The standard InChI is InChI=1S/C26H36F3N5O3/c1-15-10-20(22-33-34-23(37-22)31-16-8-7-9-25(13-16,35-5)36-6)32-21-18(15)11-17(30-14-26(27,28)29)12-19(21)24(2,3)4/h11-12,15-16,30H,7-10,13-14H2,1-6H3,(H,31,34)/t15?,16-/m1/s1. The summed E-state index contributed by atoms with van der Waals surface area (Å²) >= 11 is 0. The molecule has 1 unspecified atom stereocenters. The number of ether oxygens (including phenoxy) is 2. The van der Waals surface area contributed by atoms with Crippen LogP contribution in [0, 0.1) is 0 Å². The molecular formula is C26H36F3N5O3. The molecule has 2 atom stereocenters. The van der Waals surface area contributed by atoms with Gasteiger partial charge in [0.2, 0.25) is 0 Å². The van der Waals surface area contributed by atoms with Crippen molar-refractivity contribution >= 4 is 23.1 Å². The number of fused-ring (bicyclic) bond motifs is 1. The summed E-state index contributed by atoms with van der Waals surface area (Å²) in [5.74, 6) is -0.288. The second-order valence-corrected chi connectivity index (χ2v) is 11.0. The van der Waals surface area contributed by atoms with Crippen LogP contribution in [0.25, 0.3) is 0 Å². The molecule has 2 aromatic rings. The third kappa shape index (κ3) is 6.26. The van der Waals surface area contributed by atoms with Gasteiger partial charge in [-0.05, 0) is 47.4 Å². The average molecular weight is 524 g/mol. The maximum absolute atomic E-state index is 12.8. The summed E-state index contributed by atoms with van der Waals surface area (Å²) in [6, 6.07) is 3.89. The molecule has 204 valence electrons. The summed E-state index contributed by atoms with van der Waals surface area (Å²) in [7, 11) is 3.30. The van der Waals surface area contributed by atoms with Crippen molar-refractivity contribution in [3.05, 3.63) is 29.2 Å². The Bertz CT molecular complexity index is 1140. The van der Waals surface area contributed by atoms with Gasteiger partial charge in [-0.15, -0.1) is 5.10 Å². The first-order valence-electron chi connectivity index (χ1n) is 12.6. The van der Waals surface area contributed by atoms with E-state index in [1.807, 2.05) is 27.7 Å². The topological polar surface area (TPSA) is 93.8 Å². The first-order chi connectivity index (χ1) is 17.3. The molecule has 2 aliphatic rings. The molecule has 0 radical (unpaired) electrons. The average Bonchev–Trinajstić information content (AvgIpc) is 3.30. The Morgan fingerprint density at radius 3 is 2.51 bits per heavy atom. The van der Waals surface area contributed by atoms with Crippen LogP contribution < -0.4 is 10.6 Å². The van der Waals surface area contributed by atoms with E-state index in [9.17, 15) is 13.2 Å². The number of alkyl halides is 3. The first kappa shape index (κ1) is 27.4. The van der Waals surface area contributed by atoms with Gasteiger partial charge in [-0.25, -0.2) is 4.99 Å². The zero-order valence-electron chi connectivity index (χ0n) is 22.3. The molecule has 0 spiro atoms. The van der Waals surface area contributed by atoms with Crippen LogP contribution in [-0.2, 0) is 14.9 Å². The Kier molecular flexibility index (Phi) is 7.58. The quantitative estimate of drug-likeness (QED) is 0.411. The molecule has 0 saturated heterocycles. The molecule has 8 nitrogen and oxygen atoms in total. The number of rotatable bonds is 7. The van der Waals surface area contributed by atoms with Crippen molar-refractivity contribution in [3.63, 3.8) is 0 Å². The lowest BCUT2D eigenvalue weighted by Crippen LogP contribution is -2.43. The van der Waals surface area contributed by atoms with Crippen LogP contribution >= 0.6 is 0 Å². The molecule has 1 aromatic heterocycles. The normalized spacial score (nSPS) is 21.8. The van der Waals surface area contributed by atoms with E-state index in [4.69, 9.17) is 18.9 Å². The number of aliphatic imine (C=N–C) groups is 1. The lowest BCUT2D eigenvalue weighted by atomic mass is 9.80. The minimum Gasteiger partial charge on any atom is -0.402 e. The molecule has 1 aromatic carbocycles. The van der Waals surface area contributed by atoms with Crippen LogP contribution in [-0.4, -0.2) is 54.7 Å². The molecule has 0 amide bonds. The number of aromatic nitrogens is 2. The van der Waals surface area contributed by atoms with Gasteiger partial charge in [0, 0.05) is 45.2 Å². The molecule has 11 heteroatoms. The first-order valence-corrected chi connectivity index (χ1v) is 12.6. The van der Waals surface area contributed by atoms with E-state index in [1.165, 1.54) is 0 Å². The van der Waals surface area contributed by atoms with Crippen molar-refractivity contribution in [2.75, 3.05) is 31.4 Å². The van der Waals surface area contributed by atoms with Crippen LogP contribution in [0.3, 0.4) is 0 Å². The Morgan fingerprint density at radius 2 is 1.86 bits per heavy atom. The minimum atomic E-state index is -4.30. The van der Waals surface area contributed by atoms with Gasteiger partial charge in [-0.3, -0.25) is 0 Å². The van der Waals surface area contributed by atoms with Gasteiger partial charge in [0.1, 0.15) is 12.3 Å². The minimum absolute atomic E-state index is 0.00177. The predicted octanol–water partition coefficient (Wildman–Crippen LogP) is 6.31. The monoisotopic (exact) mass is 523 g/mol. The maximum atomic E-state index is 12.8. The SMILES string of the molecule is COC1(OC)CCC[C@@H](Nc2nnc(C3=Nc4c(cc(NCC(F)(F)F)cc4C(C)(C)C)C(C)C3)o2)C1. The summed E-state index contributed by atoms with van der Waals surface area (Å²) in [6.45, 7) is 6.99. The number of halogens is 3. The van der Waals surface area contributed by atoms with Gasteiger partial charge in [0.25, 0.3) is 5.89 Å². The largest absolute Gasteiger partial charge is 0.405 e. The molecule has 2 N–H and O–H groups in total. The number of anilines is 2. The Balaban J connectivity index is 1.60. The number of hydrogen-bond acceptors (Lipinski definition) is 8. The fourth-order valence-electron chi connectivity index (χ4n) is 5.10. The van der Waals surface area contributed by atoms with Crippen LogP contribution in [0.2, 0.25) is 0 Å². The van der Waals surface area contributed by atoms with Crippen LogP contribution in [0.5, 0.6) is 0 Å². The molecular weight excluding hydrogens is 487 g/mol. The van der Waals surface area contributed by atoms with E-state index in [1.54, 1.807) is 26.4 Å². The van der Waals surface area contributed by atoms with Gasteiger partial charge < -0.3 is 24.5 Å². The molecule has 1 aliphatic heterocycles. The van der Waals surface area contributed by atoms with Crippen molar-refractivity contribution in [2.24, 2.45) is 4.99 Å². The molecule has 0 bridgehead atoms. The highest BCUT2D eigenvalue weighted by atomic mass is 19.4. The van der Waals surface area contributed by atoms with Gasteiger partial charge in [0.15, 0.2) is 5.79 Å². The Hall–Kier alpha value is -2.66. The van der Waals surface area contributed by atoms with E-state index in [0.29, 0.717) is 36.1 Å². The molecule has 37 heavy (non-hydrogen) atoms.